The van der Waals surface area contributed by atoms with Crippen molar-refractivity contribution in [1.29, 1.82) is 0 Å². The summed E-state index contributed by atoms with van der Waals surface area (Å²) in [5.74, 6) is 6.14. The molecule has 1 unspecified atom stereocenters. The Balaban J connectivity index is 2.81. The van der Waals surface area contributed by atoms with Crippen molar-refractivity contribution in [3.63, 3.8) is 0 Å². The van der Waals surface area contributed by atoms with Crippen molar-refractivity contribution >= 4 is 17.5 Å². The van der Waals surface area contributed by atoms with Crippen molar-refractivity contribution in [2.75, 3.05) is 17.3 Å². The Morgan fingerprint density at radius 1 is 1.44 bits per heavy atom. The number of carbonyl (C=O) groups excluding carboxylic acids is 1. The molecular weight excluding hydrogens is 236 g/mol. The predicted octanol–water partition coefficient (Wildman–Crippen LogP) is -0.856. The number of nitrogens with one attached hydrogen (secondary N) is 2. The highest BCUT2D eigenvalue weighted by atomic mass is 16.3. The molecule has 8 heteroatoms. The summed E-state index contributed by atoms with van der Waals surface area (Å²) in [5.41, 5.74) is 7.37. The molecule has 1 aromatic heterocycles. The minimum Gasteiger partial charge on any atom is -0.381 e. The normalized spacial score (nSPS) is 12.3. The number of hydrogen-bond donors (Lipinski definition) is 5. The quantitative estimate of drug-likeness (QED) is 0.329. The van der Waals surface area contributed by atoms with Gasteiger partial charge in [0.1, 0.15) is 23.6 Å². The van der Waals surface area contributed by atoms with E-state index >= 15 is 0 Å². The average molecular weight is 254 g/mol. The number of aliphatic hydroxyl groups excluding tert-OH is 1. The van der Waals surface area contributed by atoms with Gasteiger partial charge in [0.05, 0.1) is 6.54 Å². The van der Waals surface area contributed by atoms with Crippen LogP contribution in [0.1, 0.15) is 25.6 Å². The van der Waals surface area contributed by atoms with Gasteiger partial charge >= 0.3 is 0 Å². The Bertz CT molecular complexity index is 423. The zero-order chi connectivity index (χ0) is 13.7. The summed E-state index contributed by atoms with van der Waals surface area (Å²) in [5, 5.41) is 12.1. The van der Waals surface area contributed by atoms with E-state index in [2.05, 4.69) is 20.7 Å². The van der Waals surface area contributed by atoms with Gasteiger partial charge in [-0.15, -0.1) is 0 Å². The summed E-state index contributed by atoms with van der Waals surface area (Å²) in [6.07, 6.45) is -1.27. The number of rotatable bonds is 6. The fraction of sp³-hybridized carbons (Fsp3) is 0.500. The molecule has 0 radical (unpaired) electrons. The Kier molecular flexibility index (Phi) is 4.81. The lowest BCUT2D eigenvalue weighted by molar-refractivity contribution is -0.125. The molecule has 0 aromatic carbocycles. The van der Waals surface area contributed by atoms with Gasteiger partial charge in [0, 0.05) is 12.0 Å². The fourth-order valence-electron chi connectivity index (χ4n) is 1.19. The predicted molar refractivity (Wildman–Crippen MR) is 67.6 cm³/mol. The van der Waals surface area contributed by atoms with Crippen LogP contribution in [0.5, 0.6) is 0 Å². The number of primary amides is 1. The molecule has 1 aromatic rings. The number of nitrogens with two attached hydrogens (primary N) is 2. The molecule has 7 N–H and O–H groups in total. The molecule has 0 aliphatic carbocycles. The van der Waals surface area contributed by atoms with Crippen LogP contribution in [0.15, 0.2) is 6.07 Å². The van der Waals surface area contributed by atoms with Crippen LogP contribution in [0.25, 0.3) is 0 Å². The summed E-state index contributed by atoms with van der Waals surface area (Å²) >= 11 is 0. The number of aromatic nitrogens is 2. The standard InChI is InChI=1S/C10H18N6O2/c1-5(2)10-14-7(3-8(15-10)16-12)13-4-6(17)9(11)18/h3,5-6,17H,4,12H2,1-2H3,(H2,11,18)(H2,13,14,15,16). The number of nitrogen functional groups attached to an aromatic ring is 1. The highest BCUT2D eigenvalue weighted by Gasteiger charge is 2.12. The lowest BCUT2D eigenvalue weighted by Gasteiger charge is -2.12. The summed E-state index contributed by atoms with van der Waals surface area (Å²) in [7, 11) is 0. The molecule has 0 saturated carbocycles. The van der Waals surface area contributed by atoms with E-state index in [0.29, 0.717) is 17.5 Å². The van der Waals surface area contributed by atoms with E-state index in [4.69, 9.17) is 11.6 Å². The van der Waals surface area contributed by atoms with Gasteiger partial charge in [-0.25, -0.2) is 15.8 Å². The zero-order valence-corrected chi connectivity index (χ0v) is 10.3. The monoisotopic (exact) mass is 254 g/mol. The molecule has 0 aliphatic heterocycles. The Morgan fingerprint density at radius 2 is 2.06 bits per heavy atom. The van der Waals surface area contributed by atoms with Gasteiger partial charge in [-0.3, -0.25) is 4.79 Å². The van der Waals surface area contributed by atoms with E-state index in [1.807, 2.05) is 13.8 Å². The molecule has 1 heterocycles. The van der Waals surface area contributed by atoms with E-state index in [1.165, 1.54) is 0 Å². The first-order valence-corrected chi connectivity index (χ1v) is 5.51. The Morgan fingerprint density at radius 3 is 2.56 bits per heavy atom. The molecule has 0 spiro atoms. The van der Waals surface area contributed by atoms with Gasteiger partial charge in [0.2, 0.25) is 5.91 Å². The molecule has 0 fully saturated rings. The van der Waals surface area contributed by atoms with Crippen LogP contribution in [0, 0.1) is 0 Å². The Hall–Kier alpha value is -1.93. The molecule has 0 bridgehead atoms. The van der Waals surface area contributed by atoms with Gasteiger partial charge < -0.3 is 21.6 Å². The molecule has 100 valence electrons. The van der Waals surface area contributed by atoms with Crippen molar-refractivity contribution in [3.8, 4) is 0 Å². The van der Waals surface area contributed by atoms with Crippen LogP contribution in [-0.2, 0) is 4.79 Å². The van der Waals surface area contributed by atoms with Crippen LogP contribution in [0.2, 0.25) is 0 Å². The van der Waals surface area contributed by atoms with Crippen molar-refractivity contribution in [3.05, 3.63) is 11.9 Å². The van der Waals surface area contributed by atoms with Crippen molar-refractivity contribution in [1.82, 2.24) is 9.97 Å². The van der Waals surface area contributed by atoms with Gasteiger partial charge in [0.25, 0.3) is 0 Å². The van der Waals surface area contributed by atoms with Crippen LogP contribution in [0.3, 0.4) is 0 Å². The number of hydrogen-bond acceptors (Lipinski definition) is 7. The molecule has 8 nitrogen and oxygen atoms in total. The smallest absolute Gasteiger partial charge is 0.248 e. The van der Waals surface area contributed by atoms with Crippen LogP contribution >= 0.6 is 0 Å². The third kappa shape index (κ3) is 3.82. The molecule has 1 rings (SSSR count). The molecule has 18 heavy (non-hydrogen) atoms. The lowest BCUT2D eigenvalue weighted by atomic mass is 10.2. The molecular formula is C10H18N6O2. The molecule has 0 aliphatic rings. The third-order valence-corrected chi connectivity index (χ3v) is 2.21. The first-order valence-electron chi connectivity index (χ1n) is 5.51. The van der Waals surface area contributed by atoms with E-state index < -0.39 is 12.0 Å². The SMILES string of the molecule is CC(C)c1nc(NN)cc(NCC(O)C(N)=O)n1. The second-order valence-corrected chi connectivity index (χ2v) is 4.09. The van der Waals surface area contributed by atoms with Crippen molar-refractivity contribution in [2.24, 2.45) is 11.6 Å². The number of carbonyl (C=O) groups is 1. The average Bonchev–Trinajstić information content (AvgIpc) is 2.35. The summed E-state index contributed by atoms with van der Waals surface area (Å²) in [6.45, 7) is 3.86. The Labute approximate surface area is 105 Å². The number of aliphatic hydroxyl groups is 1. The van der Waals surface area contributed by atoms with Crippen LogP contribution in [0.4, 0.5) is 11.6 Å². The maximum absolute atomic E-state index is 10.7. The minimum absolute atomic E-state index is 0.0199. The van der Waals surface area contributed by atoms with Gasteiger partial charge in [-0.2, -0.15) is 0 Å². The van der Waals surface area contributed by atoms with Gasteiger partial charge in [-0.05, 0) is 0 Å². The van der Waals surface area contributed by atoms with Gasteiger partial charge in [0.15, 0.2) is 0 Å². The maximum atomic E-state index is 10.7. The van der Waals surface area contributed by atoms with Crippen LogP contribution in [-0.4, -0.2) is 33.6 Å². The summed E-state index contributed by atoms with van der Waals surface area (Å²) < 4.78 is 0. The highest BCUT2D eigenvalue weighted by molar-refractivity contribution is 5.79. The first-order chi connectivity index (χ1) is 8.43. The second kappa shape index (κ2) is 6.12. The van der Waals surface area contributed by atoms with Gasteiger partial charge in [-0.1, -0.05) is 13.8 Å². The van der Waals surface area contributed by atoms with E-state index in [-0.39, 0.29) is 12.5 Å². The lowest BCUT2D eigenvalue weighted by Crippen LogP contribution is -2.34. The van der Waals surface area contributed by atoms with E-state index in [1.54, 1.807) is 6.07 Å². The minimum atomic E-state index is -1.27. The summed E-state index contributed by atoms with van der Waals surface area (Å²) in [4.78, 5) is 19.1. The van der Waals surface area contributed by atoms with Crippen molar-refractivity contribution < 1.29 is 9.90 Å². The van der Waals surface area contributed by atoms with E-state index in [9.17, 15) is 9.90 Å². The topological polar surface area (TPSA) is 139 Å². The zero-order valence-electron chi connectivity index (χ0n) is 10.3. The second-order valence-electron chi connectivity index (χ2n) is 4.09. The van der Waals surface area contributed by atoms with E-state index in [0.717, 1.165) is 0 Å². The van der Waals surface area contributed by atoms with Crippen molar-refractivity contribution in [2.45, 2.75) is 25.9 Å². The molecule has 1 amide bonds. The number of nitrogens with zero attached hydrogens (tertiary/aromatic N) is 2. The number of hydrazine groups is 1. The third-order valence-electron chi connectivity index (χ3n) is 2.21. The first kappa shape index (κ1) is 14.1. The summed E-state index contributed by atoms with van der Waals surface area (Å²) in [6, 6.07) is 1.57. The fourth-order valence-corrected chi connectivity index (χ4v) is 1.19. The number of anilines is 2. The molecule has 1 atom stereocenters. The number of amides is 1. The van der Waals surface area contributed by atoms with Crippen LogP contribution < -0.4 is 22.3 Å². The maximum Gasteiger partial charge on any atom is 0.248 e. The largest absolute Gasteiger partial charge is 0.381 e. The highest BCUT2D eigenvalue weighted by Crippen LogP contribution is 2.16. The molecule has 0 saturated heterocycles.